The van der Waals surface area contributed by atoms with E-state index < -0.39 is 17.7 Å². The summed E-state index contributed by atoms with van der Waals surface area (Å²) in [5.74, 6) is 0.315. The van der Waals surface area contributed by atoms with Gasteiger partial charge in [-0.2, -0.15) is 0 Å². The first-order valence-corrected chi connectivity index (χ1v) is 11.3. The Hall–Kier alpha value is -1.79. The highest BCUT2D eigenvalue weighted by Crippen LogP contribution is 2.26. The van der Waals surface area contributed by atoms with Gasteiger partial charge in [-0.25, -0.2) is 4.79 Å². The fourth-order valence-corrected chi connectivity index (χ4v) is 4.66. The Morgan fingerprint density at radius 2 is 1.31 bits per heavy atom. The van der Waals surface area contributed by atoms with Gasteiger partial charge in [0.2, 0.25) is 11.8 Å². The third kappa shape index (κ3) is 5.64. The molecule has 0 bridgehead atoms. The van der Waals surface area contributed by atoms with E-state index in [0.717, 1.165) is 51.6 Å². The molecular formula is C22H37N3O4. The van der Waals surface area contributed by atoms with Crippen LogP contribution in [0.1, 0.15) is 72.1 Å². The number of hydrogen-bond acceptors (Lipinski definition) is 4. The minimum absolute atomic E-state index is 0.0134. The summed E-state index contributed by atoms with van der Waals surface area (Å²) in [6, 6.07) is -0.437. The highest BCUT2D eigenvalue weighted by atomic mass is 16.6. The lowest BCUT2D eigenvalue weighted by Gasteiger charge is -2.40. The molecule has 164 valence electrons. The first-order chi connectivity index (χ1) is 13.8. The van der Waals surface area contributed by atoms with Crippen molar-refractivity contribution < 1.29 is 19.1 Å². The van der Waals surface area contributed by atoms with Crippen LogP contribution in [0.25, 0.3) is 0 Å². The summed E-state index contributed by atoms with van der Waals surface area (Å²) in [7, 11) is 0. The van der Waals surface area contributed by atoms with Crippen molar-refractivity contribution in [2.75, 3.05) is 32.7 Å². The number of carbonyl (C=O) groups excluding carboxylic acids is 3. The Morgan fingerprint density at radius 3 is 1.93 bits per heavy atom. The number of nitrogens with zero attached hydrogens (tertiary/aromatic N) is 3. The van der Waals surface area contributed by atoms with Crippen LogP contribution >= 0.6 is 0 Å². The van der Waals surface area contributed by atoms with Crippen LogP contribution in [0.4, 0.5) is 4.79 Å². The highest BCUT2D eigenvalue weighted by Gasteiger charge is 2.39. The van der Waals surface area contributed by atoms with Gasteiger partial charge in [-0.1, -0.05) is 0 Å². The van der Waals surface area contributed by atoms with Crippen molar-refractivity contribution in [1.82, 2.24) is 14.7 Å². The van der Waals surface area contributed by atoms with Gasteiger partial charge in [-0.15, -0.1) is 0 Å². The summed E-state index contributed by atoms with van der Waals surface area (Å²) in [5.41, 5.74) is -0.574. The lowest BCUT2D eigenvalue weighted by Crippen LogP contribution is -2.55. The summed E-state index contributed by atoms with van der Waals surface area (Å²) in [5, 5.41) is 0. The molecule has 0 radical (unpaired) electrons. The van der Waals surface area contributed by atoms with Gasteiger partial charge >= 0.3 is 6.09 Å². The maximum atomic E-state index is 13.2. The second kappa shape index (κ2) is 9.35. The number of hydrogen-bond donors (Lipinski definition) is 0. The Morgan fingerprint density at radius 1 is 0.724 bits per heavy atom. The molecule has 3 amide bonds. The molecule has 3 heterocycles. The number of rotatable bonds is 2. The van der Waals surface area contributed by atoms with Gasteiger partial charge < -0.3 is 14.5 Å². The smallest absolute Gasteiger partial charge is 0.410 e. The van der Waals surface area contributed by atoms with Crippen LogP contribution in [0.15, 0.2) is 0 Å². The molecular weight excluding hydrogens is 370 g/mol. The van der Waals surface area contributed by atoms with E-state index in [1.807, 2.05) is 30.6 Å². The van der Waals surface area contributed by atoms with Crippen molar-refractivity contribution in [1.29, 1.82) is 0 Å². The standard InChI is InChI=1S/C22H37N3O4/c1-22(2,3)29-21(28)25-14-8-5-9-18(25)20(27)24-15-10-17(11-16-24)19(26)23-12-6-4-7-13-23/h17-18H,4-16H2,1-3H3. The summed E-state index contributed by atoms with van der Waals surface area (Å²) in [6.45, 7) is 9.05. The molecule has 3 saturated heterocycles. The number of piperidine rings is 3. The van der Waals surface area contributed by atoms with Crippen LogP contribution in [0.2, 0.25) is 0 Å². The number of carbonyl (C=O) groups is 3. The molecule has 3 aliphatic heterocycles. The molecule has 1 atom stereocenters. The average molecular weight is 408 g/mol. The predicted molar refractivity (Wildman–Crippen MR) is 110 cm³/mol. The van der Waals surface area contributed by atoms with E-state index in [2.05, 4.69) is 0 Å². The molecule has 3 fully saturated rings. The summed E-state index contributed by atoms with van der Waals surface area (Å²) in [4.78, 5) is 44.0. The third-order valence-corrected chi connectivity index (χ3v) is 6.24. The lowest BCUT2D eigenvalue weighted by molar-refractivity contribution is -0.144. The molecule has 0 spiro atoms. The second-order valence-electron chi connectivity index (χ2n) is 9.67. The summed E-state index contributed by atoms with van der Waals surface area (Å²) in [6.07, 6.45) is 6.99. The quantitative estimate of drug-likeness (QED) is 0.705. The summed E-state index contributed by atoms with van der Waals surface area (Å²) < 4.78 is 5.53. The van der Waals surface area contributed by atoms with Crippen molar-refractivity contribution in [2.45, 2.75) is 83.8 Å². The average Bonchev–Trinajstić information content (AvgIpc) is 2.72. The highest BCUT2D eigenvalue weighted by molar-refractivity contribution is 5.86. The van der Waals surface area contributed by atoms with E-state index in [0.29, 0.717) is 26.1 Å². The van der Waals surface area contributed by atoms with Crippen LogP contribution in [0.3, 0.4) is 0 Å². The van der Waals surface area contributed by atoms with Crippen molar-refractivity contribution in [2.24, 2.45) is 5.92 Å². The van der Waals surface area contributed by atoms with Gasteiger partial charge in [-0.05, 0) is 72.1 Å². The van der Waals surface area contributed by atoms with Crippen LogP contribution in [0.5, 0.6) is 0 Å². The van der Waals surface area contributed by atoms with Gasteiger partial charge in [0.1, 0.15) is 11.6 Å². The first kappa shape index (κ1) is 21.9. The van der Waals surface area contributed by atoms with Gasteiger partial charge in [-0.3, -0.25) is 14.5 Å². The van der Waals surface area contributed by atoms with E-state index >= 15 is 0 Å². The van der Waals surface area contributed by atoms with Crippen molar-refractivity contribution in [3.8, 4) is 0 Å². The molecule has 7 heteroatoms. The molecule has 0 saturated carbocycles. The minimum Gasteiger partial charge on any atom is -0.444 e. The topological polar surface area (TPSA) is 70.2 Å². The van der Waals surface area contributed by atoms with Crippen LogP contribution < -0.4 is 0 Å². The van der Waals surface area contributed by atoms with Gasteiger partial charge in [0.05, 0.1) is 0 Å². The fraction of sp³-hybridized carbons (Fsp3) is 0.864. The predicted octanol–water partition coefficient (Wildman–Crippen LogP) is 3.03. The van der Waals surface area contributed by atoms with Gasteiger partial charge in [0, 0.05) is 38.6 Å². The zero-order valence-corrected chi connectivity index (χ0v) is 18.3. The van der Waals surface area contributed by atoms with Crippen molar-refractivity contribution in [3.63, 3.8) is 0 Å². The van der Waals surface area contributed by atoms with Gasteiger partial charge in [0.15, 0.2) is 0 Å². The molecule has 0 aromatic rings. The number of likely N-dealkylation sites (tertiary alicyclic amines) is 3. The molecule has 3 rings (SSSR count). The third-order valence-electron chi connectivity index (χ3n) is 6.24. The van der Waals surface area contributed by atoms with Crippen molar-refractivity contribution in [3.05, 3.63) is 0 Å². The van der Waals surface area contributed by atoms with E-state index in [4.69, 9.17) is 4.74 Å². The van der Waals surface area contributed by atoms with Crippen molar-refractivity contribution >= 4 is 17.9 Å². The SMILES string of the molecule is CC(C)(C)OC(=O)N1CCCCC1C(=O)N1CCC(C(=O)N2CCCCC2)CC1. The van der Waals surface area contributed by atoms with Gasteiger partial charge in [0.25, 0.3) is 0 Å². The Bertz CT molecular complexity index is 602. The molecule has 0 aromatic carbocycles. The number of amides is 3. The molecule has 29 heavy (non-hydrogen) atoms. The van der Waals surface area contributed by atoms with Crippen LogP contribution in [0, 0.1) is 5.92 Å². The maximum absolute atomic E-state index is 13.2. The minimum atomic E-state index is -0.574. The Balaban J connectivity index is 1.55. The van der Waals surface area contributed by atoms with E-state index in [-0.39, 0.29) is 17.7 Å². The largest absolute Gasteiger partial charge is 0.444 e. The molecule has 0 aliphatic carbocycles. The normalized spacial score (nSPS) is 24.4. The summed E-state index contributed by atoms with van der Waals surface area (Å²) >= 11 is 0. The van der Waals surface area contributed by atoms with Crippen LogP contribution in [-0.4, -0.2) is 77.0 Å². The zero-order valence-electron chi connectivity index (χ0n) is 18.3. The Labute approximate surface area is 174 Å². The van der Waals surface area contributed by atoms with Crippen LogP contribution in [-0.2, 0) is 14.3 Å². The molecule has 0 N–H and O–H groups in total. The second-order valence-corrected chi connectivity index (χ2v) is 9.67. The maximum Gasteiger partial charge on any atom is 0.410 e. The Kier molecular flexibility index (Phi) is 7.06. The first-order valence-electron chi connectivity index (χ1n) is 11.3. The zero-order chi connectivity index (χ0) is 21.0. The lowest BCUT2D eigenvalue weighted by atomic mass is 9.93. The van der Waals surface area contributed by atoms with E-state index in [9.17, 15) is 14.4 Å². The molecule has 1 unspecified atom stereocenters. The van der Waals surface area contributed by atoms with E-state index in [1.165, 1.54) is 6.42 Å². The number of ether oxygens (including phenoxy) is 1. The van der Waals surface area contributed by atoms with E-state index in [1.54, 1.807) is 4.90 Å². The monoisotopic (exact) mass is 407 g/mol. The fourth-order valence-electron chi connectivity index (χ4n) is 4.66. The molecule has 0 aromatic heterocycles. The molecule has 7 nitrogen and oxygen atoms in total. The molecule has 3 aliphatic rings.